The van der Waals surface area contributed by atoms with E-state index >= 15 is 0 Å². The summed E-state index contributed by atoms with van der Waals surface area (Å²) < 4.78 is 68.6. The van der Waals surface area contributed by atoms with Gasteiger partial charge in [0.15, 0.2) is 6.61 Å². The third-order valence-electron chi connectivity index (χ3n) is 4.05. The number of carbonyl (C=O) groups excluding carboxylic acids is 1. The van der Waals surface area contributed by atoms with Crippen LogP contribution >= 0.6 is 0 Å². The molecule has 0 atom stereocenters. The first kappa shape index (κ1) is 24.2. The zero-order chi connectivity index (χ0) is 23.2. The average Bonchev–Trinajstić information content (AvgIpc) is 2.67. The van der Waals surface area contributed by atoms with Crippen molar-refractivity contribution in [3.05, 3.63) is 53.1 Å². The summed E-state index contributed by atoms with van der Waals surface area (Å²) in [5.74, 6) is -0.810. The summed E-state index contributed by atoms with van der Waals surface area (Å²) in [5.41, 5.74) is 1.33. The monoisotopic (exact) mass is 455 g/mol. The van der Waals surface area contributed by atoms with Gasteiger partial charge < -0.3 is 10.1 Å². The lowest BCUT2D eigenvalue weighted by Gasteiger charge is -2.12. The topological polar surface area (TPSA) is 108 Å². The molecule has 0 spiro atoms. The van der Waals surface area contributed by atoms with Crippen LogP contribution in [0.1, 0.15) is 23.1 Å². The third kappa shape index (κ3) is 7.27. The van der Waals surface area contributed by atoms with E-state index in [1.807, 2.05) is 0 Å². The van der Waals surface area contributed by atoms with Crippen molar-refractivity contribution in [2.45, 2.75) is 31.3 Å². The first-order chi connectivity index (χ1) is 14.4. The third-order valence-corrected chi connectivity index (χ3v) is 5.66. The lowest BCUT2D eigenvalue weighted by molar-refractivity contribution is -0.153. The maximum absolute atomic E-state index is 12.4. The van der Waals surface area contributed by atoms with E-state index in [9.17, 15) is 26.4 Å². The molecule has 0 heterocycles. The fourth-order valence-corrected chi connectivity index (χ4v) is 3.94. The number of halogens is 3. The van der Waals surface area contributed by atoms with Gasteiger partial charge in [0.05, 0.1) is 10.5 Å². The molecule has 2 aromatic rings. The van der Waals surface area contributed by atoms with E-state index in [-0.39, 0.29) is 34.9 Å². The minimum Gasteiger partial charge on any atom is -0.483 e. The summed E-state index contributed by atoms with van der Waals surface area (Å²) in [5, 5.41) is 11.5. The molecule has 0 radical (unpaired) electrons. The molecule has 166 valence electrons. The van der Waals surface area contributed by atoms with Gasteiger partial charge in [0.25, 0.3) is 0 Å². The highest BCUT2D eigenvalue weighted by atomic mass is 32.2. The van der Waals surface area contributed by atoms with Gasteiger partial charge in [-0.2, -0.15) is 18.4 Å². The van der Waals surface area contributed by atoms with Crippen molar-refractivity contribution in [3.8, 4) is 11.8 Å². The molecule has 2 N–H and O–H groups in total. The summed E-state index contributed by atoms with van der Waals surface area (Å²) in [6, 6.07) is 10.3. The summed E-state index contributed by atoms with van der Waals surface area (Å²) in [6.07, 6.45) is -4.75. The van der Waals surface area contributed by atoms with Crippen LogP contribution in [0.4, 0.5) is 18.9 Å². The number of ether oxygens (including phenoxy) is 1. The molecule has 0 aliphatic carbocycles. The Morgan fingerprint density at radius 1 is 1.16 bits per heavy atom. The lowest BCUT2D eigenvalue weighted by Crippen LogP contribution is -2.28. The van der Waals surface area contributed by atoms with Gasteiger partial charge in [-0.15, -0.1) is 0 Å². The highest BCUT2D eigenvalue weighted by Crippen LogP contribution is 2.25. The van der Waals surface area contributed by atoms with Crippen molar-refractivity contribution in [3.63, 3.8) is 0 Å². The summed E-state index contributed by atoms with van der Waals surface area (Å²) in [6.45, 7) is 1.71. The fraction of sp³-hybridized carbons (Fsp3) is 0.300. The number of nitrogens with zero attached hydrogens (tertiary/aromatic N) is 1. The van der Waals surface area contributed by atoms with Crippen molar-refractivity contribution in [1.29, 1.82) is 5.26 Å². The van der Waals surface area contributed by atoms with Gasteiger partial charge in [0.2, 0.25) is 15.9 Å². The molecule has 11 heteroatoms. The number of anilines is 1. The van der Waals surface area contributed by atoms with Crippen molar-refractivity contribution in [2.75, 3.05) is 18.5 Å². The minimum atomic E-state index is -4.55. The number of nitrogens with one attached hydrogen (secondary N) is 2. The van der Waals surface area contributed by atoms with Crippen molar-refractivity contribution >= 4 is 21.6 Å². The second kappa shape index (κ2) is 9.80. The number of sulfonamides is 1. The van der Waals surface area contributed by atoms with Crippen LogP contribution in [0.25, 0.3) is 0 Å². The molecule has 0 unspecified atom stereocenters. The molecule has 0 bridgehead atoms. The van der Waals surface area contributed by atoms with Crippen molar-refractivity contribution in [1.82, 2.24) is 4.72 Å². The van der Waals surface area contributed by atoms with E-state index < -0.39 is 28.7 Å². The van der Waals surface area contributed by atoms with Crippen LogP contribution in [-0.2, 0) is 14.8 Å². The summed E-state index contributed by atoms with van der Waals surface area (Å²) in [4.78, 5) is 12.2. The second-order valence-electron chi connectivity index (χ2n) is 6.69. The molecule has 0 saturated carbocycles. The Morgan fingerprint density at radius 2 is 1.87 bits per heavy atom. The van der Waals surface area contributed by atoms with Gasteiger partial charge in [-0.05, 0) is 49.2 Å². The molecular weight excluding hydrogens is 435 g/mol. The van der Waals surface area contributed by atoms with E-state index in [0.29, 0.717) is 5.56 Å². The number of benzene rings is 2. The van der Waals surface area contributed by atoms with Crippen molar-refractivity contribution < 1.29 is 31.1 Å². The normalized spacial score (nSPS) is 11.6. The van der Waals surface area contributed by atoms with E-state index in [0.717, 1.165) is 11.6 Å². The Labute approximate surface area is 177 Å². The van der Waals surface area contributed by atoms with Crippen LogP contribution in [0.2, 0.25) is 0 Å². The second-order valence-corrected chi connectivity index (χ2v) is 8.43. The summed E-state index contributed by atoms with van der Waals surface area (Å²) in [7, 11) is -3.80. The number of carbonyl (C=O) groups is 1. The fourth-order valence-electron chi connectivity index (χ4n) is 2.58. The number of alkyl halides is 3. The Balaban J connectivity index is 1.95. The minimum absolute atomic E-state index is 0.126. The molecule has 0 aromatic heterocycles. The maximum atomic E-state index is 12.4. The van der Waals surface area contributed by atoms with E-state index in [4.69, 9.17) is 5.26 Å². The quantitative estimate of drug-likeness (QED) is 0.634. The molecule has 7 nitrogen and oxygen atoms in total. The number of amides is 1. The van der Waals surface area contributed by atoms with E-state index in [2.05, 4.69) is 14.8 Å². The van der Waals surface area contributed by atoms with Gasteiger partial charge in [0.1, 0.15) is 11.8 Å². The Morgan fingerprint density at radius 3 is 2.52 bits per heavy atom. The largest absolute Gasteiger partial charge is 0.483 e. The maximum Gasteiger partial charge on any atom is 0.422 e. The predicted molar refractivity (Wildman–Crippen MR) is 107 cm³/mol. The first-order valence-electron chi connectivity index (χ1n) is 9.02. The smallest absolute Gasteiger partial charge is 0.422 e. The lowest BCUT2D eigenvalue weighted by atomic mass is 10.2. The first-order valence-corrected chi connectivity index (χ1v) is 10.5. The van der Waals surface area contributed by atoms with E-state index in [1.165, 1.54) is 18.2 Å². The van der Waals surface area contributed by atoms with Gasteiger partial charge in [0, 0.05) is 18.7 Å². The SMILES string of the molecule is Cc1ccc(C)c(S(=O)(=O)NCCC(=O)Nc2ccc(OCC(F)(F)F)c(C#N)c2)c1. The standard InChI is InChI=1S/C20H20F3N3O4S/c1-13-3-4-14(2)18(9-13)31(28,29)25-8-7-19(27)26-16-5-6-17(15(10-16)11-24)30-12-20(21,22)23/h3-6,9-10,25H,7-8,12H2,1-2H3,(H,26,27). The van der Waals surface area contributed by atoms with Crippen molar-refractivity contribution in [2.24, 2.45) is 0 Å². The molecular formula is C20H20F3N3O4S. The predicted octanol–water partition coefficient (Wildman–Crippen LogP) is 3.42. The molecule has 0 aliphatic heterocycles. The summed E-state index contributed by atoms with van der Waals surface area (Å²) >= 11 is 0. The Kier molecular flexibility index (Phi) is 7.65. The van der Waals surface area contributed by atoms with Gasteiger partial charge >= 0.3 is 6.18 Å². The zero-order valence-electron chi connectivity index (χ0n) is 16.7. The molecule has 1 amide bonds. The number of nitriles is 1. The Bertz CT molecular complexity index is 1110. The Hall–Kier alpha value is -3.10. The molecule has 0 aliphatic rings. The number of aryl methyl sites for hydroxylation is 2. The number of rotatable bonds is 8. The molecule has 31 heavy (non-hydrogen) atoms. The van der Waals surface area contributed by atoms with Crippen LogP contribution in [0, 0.1) is 25.2 Å². The van der Waals surface area contributed by atoms with Crippen LogP contribution in [0.15, 0.2) is 41.3 Å². The van der Waals surface area contributed by atoms with Crippen LogP contribution in [-0.4, -0.2) is 33.7 Å². The molecule has 2 rings (SSSR count). The van der Waals surface area contributed by atoms with Gasteiger partial charge in [-0.1, -0.05) is 12.1 Å². The molecule has 0 saturated heterocycles. The van der Waals surface area contributed by atoms with Gasteiger partial charge in [-0.3, -0.25) is 4.79 Å². The van der Waals surface area contributed by atoms with E-state index in [1.54, 1.807) is 32.0 Å². The highest BCUT2D eigenvalue weighted by molar-refractivity contribution is 7.89. The average molecular weight is 455 g/mol. The molecule has 2 aromatic carbocycles. The van der Waals surface area contributed by atoms with Crippen LogP contribution < -0.4 is 14.8 Å². The highest BCUT2D eigenvalue weighted by Gasteiger charge is 2.29. The number of hydrogen-bond acceptors (Lipinski definition) is 5. The van der Waals surface area contributed by atoms with Crippen LogP contribution in [0.5, 0.6) is 5.75 Å². The molecule has 0 fully saturated rings. The zero-order valence-corrected chi connectivity index (χ0v) is 17.5. The number of hydrogen-bond donors (Lipinski definition) is 2. The van der Waals surface area contributed by atoms with Gasteiger partial charge in [-0.25, -0.2) is 13.1 Å². The van der Waals surface area contributed by atoms with Crippen LogP contribution in [0.3, 0.4) is 0 Å².